The number of carbonyl (C=O) groups is 2. The number of rotatable bonds is 4. The highest BCUT2D eigenvalue weighted by molar-refractivity contribution is 6.00. The van der Waals surface area contributed by atoms with Crippen molar-refractivity contribution in [3.8, 4) is 0 Å². The van der Waals surface area contributed by atoms with E-state index >= 15 is 0 Å². The van der Waals surface area contributed by atoms with Crippen molar-refractivity contribution in [3.63, 3.8) is 0 Å². The van der Waals surface area contributed by atoms with Crippen LogP contribution in [0, 0.1) is 11.8 Å². The Morgan fingerprint density at radius 3 is 2.71 bits per heavy atom. The fraction of sp³-hybridized carbons (Fsp3) is 0.429. The molecule has 1 heterocycles. The first-order valence-electron chi connectivity index (χ1n) is 5.95. The van der Waals surface area contributed by atoms with Gasteiger partial charge in [-0.2, -0.15) is 0 Å². The number of hydrogen-bond donors (Lipinski definition) is 0. The number of cyclic esters (lactones) is 1. The van der Waals surface area contributed by atoms with Crippen LogP contribution in [-0.2, 0) is 20.7 Å². The summed E-state index contributed by atoms with van der Waals surface area (Å²) < 4.78 is 5.01. The fourth-order valence-corrected chi connectivity index (χ4v) is 2.28. The lowest BCUT2D eigenvalue weighted by molar-refractivity contribution is -0.144. The van der Waals surface area contributed by atoms with Crippen LogP contribution in [0.5, 0.6) is 0 Å². The molecule has 2 rings (SSSR count). The smallest absolute Gasteiger partial charge is 0.316 e. The minimum Gasteiger partial charge on any atom is -0.465 e. The van der Waals surface area contributed by atoms with Crippen LogP contribution >= 0.6 is 0 Å². The quantitative estimate of drug-likeness (QED) is 0.589. The minimum absolute atomic E-state index is 0.00245. The lowest BCUT2D eigenvalue weighted by Gasteiger charge is -2.13. The van der Waals surface area contributed by atoms with Gasteiger partial charge in [0.05, 0.1) is 6.61 Å². The van der Waals surface area contributed by atoms with Crippen LogP contribution in [0.25, 0.3) is 0 Å². The van der Waals surface area contributed by atoms with Crippen molar-refractivity contribution >= 4 is 11.8 Å². The van der Waals surface area contributed by atoms with E-state index in [-0.39, 0.29) is 17.7 Å². The van der Waals surface area contributed by atoms with Crippen LogP contribution in [0.3, 0.4) is 0 Å². The molecule has 1 aliphatic rings. The lowest BCUT2D eigenvalue weighted by Crippen LogP contribution is -2.26. The van der Waals surface area contributed by atoms with Crippen molar-refractivity contribution in [2.45, 2.75) is 19.8 Å². The maximum atomic E-state index is 11.7. The van der Waals surface area contributed by atoms with Crippen LogP contribution in [0.1, 0.15) is 18.9 Å². The molecule has 0 amide bonds. The van der Waals surface area contributed by atoms with Crippen molar-refractivity contribution in [2.24, 2.45) is 11.8 Å². The first-order valence-corrected chi connectivity index (χ1v) is 5.95. The van der Waals surface area contributed by atoms with E-state index in [1.165, 1.54) is 0 Å². The van der Waals surface area contributed by atoms with Gasteiger partial charge in [0.2, 0.25) is 0 Å². The molecule has 0 aliphatic carbocycles. The number of Topliss-reactive ketones (excluding diaryl/α,β-unsaturated/α-hetero) is 1. The summed E-state index contributed by atoms with van der Waals surface area (Å²) in [6.07, 6.45) is 1.12. The third-order valence-corrected chi connectivity index (χ3v) is 3.20. The van der Waals surface area contributed by atoms with Gasteiger partial charge in [0, 0.05) is 12.3 Å². The number of hydrogen-bond acceptors (Lipinski definition) is 3. The SMILES string of the molecule is CCC(=O)[C@@H]1C(=O)OC[C@H]1Cc1ccccc1. The summed E-state index contributed by atoms with van der Waals surface area (Å²) in [5.74, 6) is -0.913. The Labute approximate surface area is 101 Å². The molecular formula is C14H16O3. The number of ketones is 1. The highest BCUT2D eigenvalue weighted by atomic mass is 16.5. The van der Waals surface area contributed by atoms with E-state index < -0.39 is 5.92 Å². The summed E-state index contributed by atoms with van der Waals surface area (Å²) in [5, 5.41) is 0. The second-order valence-corrected chi connectivity index (χ2v) is 4.38. The molecule has 1 aliphatic heterocycles. The molecule has 1 fully saturated rings. The van der Waals surface area contributed by atoms with Crippen molar-refractivity contribution < 1.29 is 14.3 Å². The van der Waals surface area contributed by atoms with E-state index in [1.807, 2.05) is 30.3 Å². The number of esters is 1. The number of benzene rings is 1. The molecular weight excluding hydrogens is 216 g/mol. The molecule has 0 N–H and O–H groups in total. The Kier molecular flexibility index (Phi) is 3.57. The third-order valence-electron chi connectivity index (χ3n) is 3.20. The minimum atomic E-state index is -0.555. The first-order chi connectivity index (χ1) is 8.22. The molecule has 0 aromatic heterocycles. The third kappa shape index (κ3) is 2.54. The Bertz CT molecular complexity index is 411. The monoisotopic (exact) mass is 232 g/mol. The molecule has 3 heteroatoms. The molecule has 0 saturated carbocycles. The molecule has 17 heavy (non-hydrogen) atoms. The molecule has 1 saturated heterocycles. The van der Waals surface area contributed by atoms with Crippen LogP contribution in [0.2, 0.25) is 0 Å². The van der Waals surface area contributed by atoms with Gasteiger partial charge in [-0.15, -0.1) is 0 Å². The molecule has 1 aromatic rings. The Balaban J connectivity index is 2.10. The average Bonchev–Trinajstić information content (AvgIpc) is 2.71. The zero-order valence-corrected chi connectivity index (χ0v) is 9.89. The summed E-state index contributed by atoms with van der Waals surface area (Å²) >= 11 is 0. The van der Waals surface area contributed by atoms with Gasteiger partial charge in [-0.05, 0) is 12.0 Å². The summed E-state index contributed by atoms with van der Waals surface area (Å²) in [7, 11) is 0. The van der Waals surface area contributed by atoms with Gasteiger partial charge < -0.3 is 4.74 Å². The first kappa shape index (κ1) is 11.8. The van der Waals surface area contributed by atoms with E-state index in [2.05, 4.69) is 0 Å². The Morgan fingerprint density at radius 2 is 2.06 bits per heavy atom. The van der Waals surface area contributed by atoms with Crippen molar-refractivity contribution in [2.75, 3.05) is 6.61 Å². The summed E-state index contributed by atoms with van der Waals surface area (Å²) in [6.45, 7) is 2.15. The van der Waals surface area contributed by atoms with E-state index in [1.54, 1.807) is 6.92 Å². The summed E-state index contributed by atoms with van der Waals surface area (Å²) in [5.41, 5.74) is 1.14. The molecule has 3 nitrogen and oxygen atoms in total. The van der Waals surface area contributed by atoms with Crippen molar-refractivity contribution in [1.29, 1.82) is 0 Å². The second-order valence-electron chi connectivity index (χ2n) is 4.38. The zero-order valence-electron chi connectivity index (χ0n) is 9.89. The lowest BCUT2D eigenvalue weighted by atomic mass is 9.85. The Hall–Kier alpha value is -1.64. The summed E-state index contributed by atoms with van der Waals surface area (Å²) in [6, 6.07) is 9.90. The van der Waals surface area contributed by atoms with Crippen molar-refractivity contribution in [3.05, 3.63) is 35.9 Å². The van der Waals surface area contributed by atoms with Gasteiger partial charge in [0.1, 0.15) is 11.7 Å². The van der Waals surface area contributed by atoms with E-state index in [9.17, 15) is 9.59 Å². The van der Waals surface area contributed by atoms with Gasteiger partial charge in [0.15, 0.2) is 0 Å². The topological polar surface area (TPSA) is 43.4 Å². The van der Waals surface area contributed by atoms with Gasteiger partial charge in [0.25, 0.3) is 0 Å². The predicted octanol–water partition coefficient (Wildman–Crippen LogP) is 2.00. The van der Waals surface area contributed by atoms with Crippen LogP contribution < -0.4 is 0 Å². The standard InChI is InChI=1S/C14H16O3/c1-2-12(15)13-11(9-17-14(13)16)8-10-6-4-3-5-7-10/h3-7,11,13H,2,8-9H2,1H3/t11-,13-/m1/s1. The normalized spacial score (nSPS) is 23.5. The number of carbonyl (C=O) groups excluding carboxylic acids is 2. The highest BCUT2D eigenvalue weighted by Crippen LogP contribution is 2.27. The molecule has 0 radical (unpaired) electrons. The molecule has 2 atom stereocenters. The van der Waals surface area contributed by atoms with Crippen molar-refractivity contribution in [1.82, 2.24) is 0 Å². The van der Waals surface area contributed by atoms with Crippen LogP contribution in [0.15, 0.2) is 30.3 Å². The molecule has 0 bridgehead atoms. The Morgan fingerprint density at radius 1 is 1.35 bits per heavy atom. The molecule has 90 valence electrons. The largest absolute Gasteiger partial charge is 0.465 e. The van der Waals surface area contributed by atoms with Gasteiger partial charge >= 0.3 is 5.97 Å². The van der Waals surface area contributed by atoms with E-state index in [0.717, 1.165) is 12.0 Å². The maximum absolute atomic E-state index is 11.7. The van der Waals surface area contributed by atoms with Gasteiger partial charge in [-0.25, -0.2) is 0 Å². The van der Waals surface area contributed by atoms with Gasteiger partial charge in [-0.3, -0.25) is 9.59 Å². The second kappa shape index (κ2) is 5.13. The number of ether oxygens (including phenoxy) is 1. The van der Waals surface area contributed by atoms with Crippen LogP contribution in [-0.4, -0.2) is 18.4 Å². The predicted molar refractivity (Wildman–Crippen MR) is 63.4 cm³/mol. The maximum Gasteiger partial charge on any atom is 0.316 e. The zero-order chi connectivity index (χ0) is 12.3. The van der Waals surface area contributed by atoms with Crippen LogP contribution in [0.4, 0.5) is 0 Å². The molecule has 1 aromatic carbocycles. The fourth-order valence-electron chi connectivity index (χ4n) is 2.28. The summed E-state index contributed by atoms with van der Waals surface area (Å²) in [4.78, 5) is 23.3. The molecule has 0 unspecified atom stereocenters. The van der Waals surface area contributed by atoms with E-state index in [0.29, 0.717) is 13.0 Å². The molecule has 0 spiro atoms. The average molecular weight is 232 g/mol. The highest BCUT2D eigenvalue weighted by Gasteiger charge is 2.40. The van der Waals surface area contributed by atoms with E-state index in [4.69, 9.17) is 4.74 Å². The van der Waals surface area contributed by atoms with Gasteiger partial charge in [-0.1, -0.05) is 37.3 Å².